The highest BCUT2D eigenvalue weighted by Gasteiger charge is 1.95. The van der Waals surface area contributed by atoms with E-state index in [4.69, 9.17) is 13.0 Å². The Hall–Kier alpha value is -0.660. The monoisotopic (exact) mass is 217 g/mol. The van der Waals surface area contributed by atoms with Crippen LogP contribution in [0.25, 0.3) is 0 Å². The molecule has 0 atom stereocenters. The van der Waals surface area contributed by atoms with E-state index in [1.165, 1.54) is 6.92 Å². The number of amides is 1. The van der Waals surface area contributed by atoms with Gasteiger partial charge < -0.3 is 5.73 Å². The average molecular weight is 218 g/mol. The van der Waals surface area contributed by atoms with E-state index in [9.17, 15) is 9.59 Å². The fourth-order valence-electron chi connectivity index (χ4n) is 0.245. The van der Waals surface area contributed by atoms with Crippen molar-refractivity contribution in [3.8, 4) is 0 Å². The van der Waals surface area contributed by atoms with Crippen LogP contribution < -0.4 is 5.73 Å². The maximum atomic E-state index is 9.95. The molecule has 3 N–H and O–H groups in total. The first kappa shape index (κ1) is 13.9. The molecule has 0 unspecified atom stereocenters. The zero-order chi connectivity index (χ0) is 10.4. The SMILES string of the molecule is CC(=O)CC(N)=O.O=S(=O)(O)Cl. The number of halogens is 1. The van der Waals surface area contributed by atoms with Gasteiger partial charge in [-0.1, -0.05) is 0 Å². The Morgan fingerprint density at radius 1 is 1.50 bits per heavy atom. The van der Waals surface area contributed by atoms with E-state index in [0.717, 1.165) is 0 Å². The Kier molecular flexibility index (Phi) is 6.86. The Morgan fingerprint density at radius 3 is 1.75 bits per heavy atom. The maximum absolute atomic E-state index is 9.95. The van der Waals surface area contributed by atoms with Gasteiger partial charge in [0.05, 0.1) is 6.42 Å². The van der Waals surface area contributed by atoms with Crippen molar-refractivity contribution in [3.63, 3.8) is 0 Å². The van der Waals surface area contributed by atoms with E-state index < -0.39 is 15.2 Å². The molecule has 12 heavy (non-hydrogen) atoms. The first-order valence-corrected chi connectivity index (χ1v) is 4.84. The molecule has 6 nitrogen and oxygen atoms in total. The quantitative estimate of drug-likeness (QED) is 0.367. The largest absolute Gasteiger partial charge is 0.369 e. The van der Waals surface area contributed by atoms with Gasteiger partial charge in [0, 0.05) is 10.7 Å². The number of rotatable bonds is 2. The minimum absolute atomic E-state index is 0.139. The molecule has 72 valence electrons. The highest BCUT2D eigenvalue weighted by atomic mass is 35.7. The number of Topliss-reactive ketones (excluding diaryl/α,β-unsaturated/α-hetero) is 1. The molecule has 1 amide bonds. The number of primary amides is 1. The molecular weight excluding hydrogens is 210 g/mol. The smallest absolute Gasteiger partial charge is 0.353 e. The standard InChI is InChI=1S/C4H7NO2.ClHO3S/c1-3(6)2-4(5)7;1-5(2,3)4/h2H2,1H3,(H2,5,7);(H,2,3,4). The molecule has 0 aliphatic carbocycles. The van der Waals surface area contributed by atoms with Crippen LogP contribution in [0.15, 0.2) is 0 Å². The van der Waals surface area contributed by atoms with Crippen LogP contribution in [0.2, 0.25) is 0 Å². The number of hydrogen-bond donors (Lipinski definition) is 2. The summed E-state index contributed by atoms with van der Waals surface area (Å²) in [7, 11) is -0.137. The maximum Gasteiger partial charge on any atom is 0.353 e. The van der Waals surface area contributed by atoms with Crippen molar-refractivity contribution >= 4 is 31.7 Å². The van der Waals surface area contributed by atoms with Gasteiger partial charge in [0.1, 0.15) is 5.78 Å². The molecule has 0 aliphatic heterocycles. The van der Waals surface area contributed by atoms with Crippen molar-refractivity contribution in [3.05, 3.63) is 0 Å². The van der Waals surface area contributed by atoms with Crippen molar-refractivity contribution in [1.82, 2.24) is 0 Å². The van der Waals surface area contributed by atoms with Crippen molar-refractivity contribution < 1.29 is 22.6 Å². The summed E-state index contributed by atoms with van der Waals surface area (Å²) < 4.78 is 25.2. The van der Waals surface area contributed by atoms with Gasteiger partial charge in [-0.3, -0.25) is 14.1 Å². The second-order valence-corrected chi connectivity index (χ2v) is 3.75. The molecule has 0 heterocycles. The predicted molar refractivity (Wildman–Crippen MR) is 41.9 cm³/mol. The Bertz CT molecular complexity index is 239. The number of hydrogen-bond acceptors (Lipinski definition) is 4. The van der Waals surface area contributed by atoms with E-state index in [0.29, 0.717) is 0 Å². The van der Waals surface area contributed by atoms with E-state index >= 15 is 0 Å². The van der Waals surface area contributed by atoms with Crippen molar-refractivity contribution in [2.45, 2.75) is 13.3 Å². The molecule has 0 fully saturated rings. The van der Waals surface area contributed by atoms with E-state index in [1.807, 2.05) is 0 Å². The Balaban J connectivity index is 0. The summed E-state index contributed by atoms with van der Waals surface area (Å²) in [6.45, 7) is 1.32. The molecule has 0 aliphatic rings. The van der Waals surface area contributed by atoms with E-state index in [-0.39, 0.29) is 12.2 Å². The van der Waals surface area contributed by atoms with Gasteiger partial charge in [-0.05, 0) is 6.92 Å². The molecule has 0 saturated carbocycles. The fourth-order valence-corrected chi connectivity index (χ4v) is 0.245. The molecule has 0 radical (unpaired) electrons. The first-order valence-electron chi connectivity index (χ1n) is 2.57. The van der Waals surface area contributed by atoms with Crippen molar-refractivity contribution in [2.24, 2.45) is 5.73 Å². The Morgan fingerprint density at radius 2 is 1.75 bits per heavy atom. The third-order valence-corrected chi connectivity index (χ3v) is 0.423. The summed E-state index contributed by atoms with van der Waals surface area (Å²) in [5.41, 5.74) is 4.63. The van der Waals surface area contributed by atoms with Crippen LogP contribution in [0.4, 0.5) is 0 Å². The molecule has 0 aromatic heterocycles. The first-order chi connectivity index (χ1) is 5.13. The van der Waals surface area contributed by atoms with Gasteiger partial charge in [0.15, 0.2) is 0 Å². The number of carbonyl (C=O) groups excluding carboxylic acids is 2. The van der Waals surface area contributed by atoms with Crippen LogP contribution in [-0.2, 0) is 18.9 Å². The van der Waals surface area contributed by atoms with Gasteiger partial charge in [-0.25, -0.2) is 0 Å². The van der Waals surface area contributed by atoms with Gasteiger partial charge in [-0.2, -0.15) is 8.42 Å². The van der Waals surface area contributed by atoms with Gasteiger partial charge >= 0.3 is 9.33 Å². The minimum Gasteiger partial charge on any atom is -0.369 e. The number of carbonyl (C=O) groups is 2. The van der Waals surface area contributed by atoms with Crippen LogP contribution in [0, 0.1) is 0 Å². The molecular formula is C4H8ClNO5S. The fraction of sp³-hybridized carbons (Fsp3) is 0.500. The second-order valence-electron chi connectivity index (χ2n) is 1.76. The summed E-state index contributed by atoms with van der Waals surface area (Å²) >= 11 is 0. The van der Waals surface area contributed by atoms with E-state index in [2.05, 4.69) is 16.4 Å². The highest BCUT2D eigenvalue weighted by molar-refractivity contribution is 8.09. The zero-order valence-electron chi connectivity index (χ0n) is 6.15. The number of ketones is 1. The third kappa shape index (κ3) is 58.2. The van der Waals surface area contributed by atoms with Crippen LogP contribution in [0.1, 0.15) is 13.3 Å². The zero-order valence-corrected chi connectivity index (χ0v) is 7.72. The summed E-state index contributed by atoms with van der Waals surface area (Å²) in [6.07, 6.45) is -0.139. The summed E-state index contributed by atoms with van der Waals surface area (Å²) in [5.74, 6) is -0.750. The van der Waals surface area contributed by atoms with Crippen molar-refractivity contribution in [2.75, 3.05) is 0 Å². The molecule has 0 bridgehead atoms. The van der Waals surface area contributed by atoms with Crippen LogP contribution in [0.3, 0.4) is 0 Å². The summed E-state index contributed by atoms with van der Waals surface area (Å²) in [6, 6.07) is 0. The van der Waals surface area contributed by atoms with Gasteiger partial charge in [0.25, 0.3) is 0 Å². The molecule has 0 aromatic rings. The van der Waals surface area contributed by atoms with E-state index in [1.54, 1.807) is 0 Å². The molecule has 0 rings (SSSR count). The summed E-state index contributed by atoms with van der Waals surface area (Å²) in [4.78, 5) is 19.8. The summed E-state index contributed by atoms with van der Waals surface area (Å²) in [5, 5.41) is 0. The van der Waals surface area contributed by atoms with Crippen LogP contribution >= 0.6 is 10.7 Å². The van der Waals surface area contributed by atoms with Crippen LogP contribution in [-0.4, -0.2) is 24.7 Å². The number of nitrogens with two attached hydrogens (primary N) is 1. The predicted octanol–water partition coefficient (Wildman–Crippen LogP) is -0.521. The third-order valence-electron chi connectivity index (χ3n) is 0.423. The highest BCUT2D eigenvalue weighted by Crippen LogP contribution is 1.82. The molecule has 0 saturated heterocycles. The average Bonchev–Trinajstić information content (AvgIpc) is 1.52. The molecule has 0 aromatic carbocycles. The van der Waals surface area contributed by atoms with Crippen molar-refractivity contribution in [1.29, 1.82) is 0 Å². The van der Waals surface area contributed by atoms with Gasteiger partial charge in [0.2, 0.25) is 5.91 Å². The lowest BCUT2D eigenvalue weighted by atomic mass is 10.3. The lowest BCUT2D eigenvalue weighted by Crippen LogP contribution is -2.13. The van der Waals surface area contributed by atoms with Gasteiger partial charge in [-0.15, -0.1) is 0 Å². The normalized spacial score (nSPS) is 9.58. The van der Waals surface area contributed by atoms with Crippen LogP contribution in [0.5, 0.6) is 0 Å². The Labute approximate surface area is 73.9 Å². The second kappa shape index (κ2) is 5.92. The lowest BCUT2D eigenvalue weighted by Gasteiger charge is -1.82. The minimum atomic E-state index is -4.19. The topological polar surface area (TPSA) is 115 Å². The molecule has 0 spiro atoms. The molecule has 8 heteroatoms. The lowest BCUT2D eigenvalue weighted by molar-refractivity contribution is -0.125.